The Kier molecular flexibility index (Phi) is 7.91. The van der Waals surface area contributed by atoms with Gasteiger partial charge in [-0.3, -0.25) is 14.5 Å². The smallest absolute Gasteiger partial charge is 0.416 e. The van der Waals surface area contributed by atoms with Gasteiger partial charge >= 0.3 is 18.1 Å². The van der Waals surface area contributed by atoms with Gasteiger partial charge in [-0.05, 0) is 41.6 Å². The van der Waals surface area contributed by atoms with Crippen LogP contribution in [0.5, 0.6) is 0 Å². The zero-order valence-electron chi connectivity index (χ0n) is 22.3. The lowest BCUT2D eigenvalue weighted by Gasteiger charge is -2.44. The summed E-state index contributed by atoms with van der Waals surface area (Å²) in [6.07, 6.45) is -4.73. The summed E-state index contributed by atoms with van der Waals surface area (Å²) in [5, 5.41) is 1.64. The number of carbonyl (C=O) groups is 3. The van der Waals surface area contributed by atoms with Gasteiger partial charge in [0.1, 0.15) is 11.7 Å². The van der Waals surface area contributed by atoms with Gasteiger partial charge in [-0.15, -0.1) is 11.3 Å². The van der Waals surface area contributed by atoms with Gasteiger partial charge in [0.2, 0.25) is 0 Å². The van der Waals surface area contributed by atoms with Crippen molar-refractivity contribution < 1.29 is 37.0 Å². The van der Waals surface area contributed by atoms with E-state index in [1.54, 1.807) is 47.8 Å². The van der Waals surface area contributed by atoms with Crippen LogP contribution in [0.25, 0.3) is 0 Å². The highest BCUT2D eigenvalue weighted by Gasteiger charge is 2.51. The number of esters is 2. The molecule has 2 N–H and O–H groups in total. The molecule has 0 radical (unpaired) electrons. The minimum absolute atomic E-state index is 0.00550. The Balaban J connectivity index is 1.85. The number of Topliss-reactive ketones (excluding diaryl/α,β-unsaturated/α-hetero) is 1. The number of alkyl halides is 3. The molecule has 2 aromatic carbocycles. The van der Waals surface area contributed by atoms with Crippen molar-refractivity contribution in [3.8, 4) is 0 Å². The van der Waals surface area contributed by atoms with E-state index < -0.39 is 47.2 Å². The Morgan fingerprint density at radius 2 is 1.76 bits per heavy atom. The lowest BCUT2D eigenvalue weighted by Crippen LogP contribution is -2.46. The molecular formula is C30H24ClF3N2O5S. The van der Waals surface area contributed by atoms with Gasteiger partial charge in [-0.25, -0.2) is 4.79 Å². The molecule has 1 aliphatic heterocycles. The third-order valence-corrected chi connectivity index (χ3v) is 8.73. The van der Waals surface area contributed by atoms with Crippen molar-refractivity contribution in [2.24, 2.45) is 11.7 Å². The zero-order valence-corrected chi connectivity index (χ0v) is 23.8. The van der Waals surface area contributed by atoms with Crippen molar-refractivity contribution in [1.29, 1.82) is 0 Å². The van der Waals surface area contributed by atoms with Crippen LogP contribution in [0.3, 0.4) is 0 Å². The molecule has 0 saturated heterocycles. The molecule has 42 heavy (non-hydrogen) atoms. The molecule has 2 heterocycles. The Morgan fingerprint density at radius 1 is 1.05 bits per heavy atom. The highest BCUT2D eigenvalue weighted by molar-refractivity contribution is 7.10. The van der Waals surface area contributed by atoms with Gasteiger partial charge in [-0.1, -0.05) is 48.0 Å². The number of carbonyl (C=O) groups excluding carboxylic acids is 3. The maximum Gasteiger partial charge on any atom is 0.416 e. The van der Waals surface area contributed by atoms with Crippen molar-refractivity contribution in [2.45, 2.75) is 24.4 Å². The number of ether oxygens (including phenoxy) is 2. The Morgan fingerprint density at radius 3 is 2.36 bits per heavy atom. The van der Waals surface area contributed by atoms with Crippen LogP contribution in [0.15, 0.2) is 88.7 Å². The van der Waals surface area contributed by atoms with Gasteiger partial charge in [0.15, 0.2) is 5.78 Å². The first-order valence-electron chi connectivity index (χ1n) is 12.7. The minimum atomic E-state index is -4.72. The van der Waals surface area contributed by atoms with Crippen molar-refractivity contribution >= 4 is 46.3 Å². The van der Waals surface area contributed by atoms with Crippen LogP contribution in [0.2, 0.25) is 5.02 Å². The molecule has 1 aliphatic carbocycles. The average molecular weight is 617 g/mol. The number of thiophene rings is 1. The third-order valence-electron chi connectivity index (χ3n) is 7.47. The van der Waals surface area contributed by atoms with Gasteiger partial charge in [0, 0.05) is 22.1 Å². The number of hydrogen-bond acceptors (Lipinski definition) is 8. The Bertz CT molecular complexity index is 1620. The predicted molar refractivity (Wildman–Crippen MR) is 151 cm³/mol. The second-order valence-corrected chi connectivity index (χ2v) is 11.1. The normalized spacial score (nSPS) is 20.9. The number of ketones is 1. The number of hydrogen-bond donors (Lipinski definition) is 1. The number of anilines is 1. The first-order valence-corrected chi connectivity index (χ1v) is 13.9. The molecule has 0 fully saturated rings. The largest absolute Gasteiger partial charge is 0.468 e. The summed E-state index contributed by atoms with van der Waals surface area (Å²) in [4.78, 5) is 42.7. The first kappa shape index (κ1) is 29.4. The summed E-state index contributed by atoms with van der Waals surface area (Å²) in [5.41, 5.74) is 6.18. The second kappa shape index (κ2) is 11.3. The van der Waals surface area contributed by atoms with E-state index in [1.165, 1.54) is 23.3 Å². The highest BCUT2D eigenvalue weighted by Crippen LogP contribution is 2.53. The van der Waals surface area contributed by atoms with E-state index in [-0.39, 0.29) is 39.8 Å². The van der Waals surface area contributed by atoms with Crippen LogP contribution < -0.4 is 10.6 Å². The molecule has 0 saturated carbocycles. The summed E-state index contributed by atoms with van der Waals surface area (Å²) in [7, 11) is 2.30. The molecule has 3 atom stereocenters. The summed E-state index contributed by atoms with van der Waals surface area (Å²) in [5.74, 6) is -5.66. The average Bonchev–Trinajstić information content (AvgIpc) is 3.51. The molecule has 0 unspecified atom stereocenters. The first-order chi connectivity index (χ1) is 20.0. The molecule has 0 bridgehead atoms. The summed E-state index contributed by atoms with van der Waals surface area (Å²) in [6.45, 7) is 0. The zero-order chi connectivity index (χ0) is 30.3. The van der Waals surface area contributed by atoms with Crippen LogP contribution in [0.4, 0.5) is 18.9 Å². The van der Waals surface area contributed by atoms with Crippen LogP contribution in [0, 0.1) is 5.92 Å². The monoisotopic (exact) mass is 616 g/mol. The van der Waals surface area contributed by atoms with Crippen LogP contribution in [-0.4, -0.2) is 31.9 Å². The van der Waals surface area contributed by atoms with Gasteiger partial charge in [0.25, 0.3) is 0 Å². The molecule has 12 heteroatoms. The van der Waals surface area contributed by atoms with Gasteiger partial charge in [0.05, 0.1) is 42.0 Å². The van der Waals surface area contributed by atoms with Crippen LogP contribution >= 0.6 is 22.9 Å². The van der Waals surface area contributed by atoms with E-state index in [9.17, 15) is 27.6 Å². The quantitative estimate of drug-likeness (QED) is 0.270. The molecule has 7 nitrogen and oxygen atoms in total. The molecule has 218 valence electrons. The predicted octanol–water partition coefficient (Wildman–Crippen LogP) is 6.17. The fraction of sp³-hybridized carbons (Fsp3) is 0.233. The minimum Gasteiger partial charge on any atom is -0.468 e. The number of rotatable bonds is 5. The fourth-order valence-electron chi connectivity index (χ4n) is 5.62. The van der Waals surface area contributed by atoms with E-state index in [0.717, 1.165) is 25.3 Å². The molecule has 0 spiro atoms. The number of methoxy groups -OCH3 is 2. The molecule has 0 amide bonds. The fourth-order valence-corrected chi connectivity index (χ4v) is 6.67. The lowest BCUT2D eigenvalue weighted by atomic mass is 9.68. The molecule has 2 aliphatic rings. The highest BCUT2D eigenvalue weighted by atomic mass is 35.5. The number of halogens is 4. The van der Waals surface area contributed by atoms with E-state index >= 15 is 0 Å². The van der Waals surface area contributed by atoms with Crippen LogP contribution in [0.1, 0.15) is 34.3 Å². The standard InChI is InChI=1S/C30H24ClF3N2O5S/c1-40-28(38)22-17(15-7-4-3-5-8-15)14-20-23(26(22)37)24(21-9-6-12-42-21)25(29(39)41-2)27(35)36(20)19-13-16(30(32,33)34)10-11-18(19)31/h3-13,17,22,24H,14,35H2,1-2H3/t17-,22-,24+/m1/s1. The molecule has 3 aromatic rings. The van der Waals surface area contributed by atoms with E-state index in [0.29, 0.717) is 10.4 Å². The van der Waals surface area contributed by atoms with Crippen molar-refractivity contribution in [1.82, 2.24) is 0 Å². The lowest BCUT2D eigenvalue weighted by molar-refractivity contribution is -0.150. The van der Waals surface area contributed by atoms with Crippen molar-refractivity contribution in [3.05, 3.63) is 110 Å². The van der Waals surface area contributed by atoms with E-state index in [1.807, 2.05) is 0 Å². The van der Waals surface area contributed by atoms with E-state index in [2.05, 4.69) is 0 Å². The van der Waals surface area contributed by atoms with Crippen molar-refractivity contribution in [2.75, 3.05) is 19.1 Å². The van der Waals surface area contributed by atoms with Crippen LogP contribution in [-0.2, 0) is 30.0 Å². The van der Waals surface area contributed by atoms with Gasteiger partial charge in [-0.2, -0.15) is 13.2 Å². The maximum atomic E-state index is 14.5. The number of allylic oxidation sites excluding steroid dienone is 2. The second-order valence-electron chi connectivity index (χ2n) is 9.69. The maximum absolute atomic E-state index is 14.5. The number of nitrogens with zero attached hydrogens (tertiary/aromatic N) is 1. The Hall–Kier alpha value is -4.09. The van der Waals surface area contributed by atoms with E-state index in [4.69, 9.17) is 26.8 Å². The molecule has 5 rings (SSSR count). The SMILES string of the molecule is COC(=O)C1=C(N)N(c2cc(C(F)(F)F)ccc2Cl)C2=C(C(=O)[C@H](C(=O)OC)[C@@H](c3ccccc3)C2)[C@@H]1c1cccs1. The summed E-state index contributed by atoms with van der Waals surface area (Å²) in [6, 6.07) is 14.9. The third kappa shape index (κ3) is 4.96. The topological polar surface area (TPSA) is 98.9 Å². The summed E-state index contributed by atoms with van der Waals surface area (Å²) < 4.78 is 51.6. The Labute approximate surface area is 248 Å². The molecule has 1 aromatic heterocycles. The molecular weight excluding hydrogens is 593 g/mol. The van der Waals surface area contributed by atoms with Crippen molar-refractivity contribution in [3.63, 3.8) is 0 Å². The number of benzene rings is 2. The summed E-state index contributed by atoms with van der Waals surface area (Å²) >= 11 is 7.73. The number of nitrogens with two attached hydrogens (primary N) is 1. The van der Waals surface area contributed by atoms with Gasteiger partial charge < -0.3 is 15.2 Å².